The summed E-state index contributed by atoms with van der Waals surface area (Å²) in [5, 5.41) is 14.9. The Bertz CT molecular complexity index is 1310. The molecule has 1 aliphatic heterocycles. The van der Waals surface area contributed by atoms with E-state index in [9.17, 15) is 28.7 Å². The van der Waals surface area contributed by atoms with Gasteiger partial charge in [0.05, 0.1) is 23.7 Å². The van der Waals surface area contributed by atoms with Crippen LogP contribution in [0.3, 0.4) is 0 Å². The van der Waals surface area contributed by atoms with E-state index >= 15 is 0 Å². The Morgan fingerprint density at radius 1 is 1.26 bits per heavy atom. The van der Waals surface area contributed by atoms with Gasteiger partial charge >= 0.3 is 5.97 Å². The molecule has 2 aromatic rings. The van der Waals surface area contributed by atoms with Gasteiger partial charge in [0, 0.05) is 42.8 Å². The number of carboxylic acid groups (broad SMARTS) is 1. The van der Waals surface area contributed by atoms with Gasteiger partial charge in [-0.25, -0.2) is 9.18 Å². The number of rotatable bonds is 10. The molecule has 0 aliphatic carbocycles. The zero-order valence-electron chi connectivity index (χ0n) is 22.3. The van der Waals surface area contributed by atoms with Gasteiger partial charge in [0.1, 0.15) is 11.4 Å². The molecule has 11 heteroatoms. The summed E-state index contributed by atoms with van der Waals surface area (Å²) < 4.78 is 19.4. The number of aryl methyl sites for hydroxylation is 1. The molecular formula is C27H33FN4O6. The number of hydrogen-bond acceptors (Lipinski definition) is 5. The number of fused-ring (bicyclic) bond motifs is 1. The molecule has 3 amide bonds. The van der Waals surface area contributed by atoms with Crippen LogP contribution >= 0.6 is 0 Å². The molecule has 204 valence electrons. The lowest BCUT2D eigenvalue weighted by atomic mass is 10.0. The summed E-state index contributed by atoms with van der Waals surface area (Å²) in [4.78, 5) is 54.1. The van der Waals surface area contributed by atoms with Crippen molar-refractivity contribution in [3.05, 3.63) is 52.1 Å². The number of carbonyl (C=O) groups excluding carboxylic acids is 3. The van der Waals surface area contributed by atoms with Crippen LogP contribution in [0.5, 0.6) is 0 Å². The van der Waals surface area contributed by atoms with Crippen LogP contribution in [0, 0.1) is 19.7 Å². The van der Waals surface area contributed by atoms with E-state index in [1.165, 1.54) is 39.1 Å². The molecule has 1 aliphatic rings. The number of aromatic nitrogens is 1. The summed E-state index contributed by atoms with van der Waals surface area (Å²) in [5.41, 5.74) is 1.89. The second-order valence-electron chi connectivity index (χ2n) is 9.67. The van der Waals surface area contributed by atoms with E-state index in [0.29, 0.717) is 40.4 Å². The molecule has 1 aromatic heterocycles. The largest absolute Gasteiger partial charge is 0.480 e. The molecule has 2 heterocycles. The highest BCUT2D eigenvalue weighted by Gasteiger charge is 2.36. The number of aliphatic carboxylic acids is 1. The molecule has 0 radical (unpaired) electrons. The molecule has 3 rings (SSSR count). The van der Waals surface area contributed by atoms with Gasteiger partial charge in [-0.3, -0.25) is 14.4 Å². The average Bonchev–Trinajstić information content (AvgIpc) is 3.30. The highest BCUT2D eigenvalue weighted by molar-refractivity contribution is 6.34. The Kier molecular flexibility index (Phi) is 8.41. The van der Waals surface area contributed by atoms with Crippen LogP contribution in [0.15, 0.2) is 18.2 Å². The van der Waals surface area contributed by atoms with Crippen LogP contribution in [0.1, 0.15) is 60.1 Å². The maximum Gasteiger partial charge on any atom is 0.329 e. The highest BCUT2D eigenvalue weighted by Crippen LogP contribution is 2.34. The number of carbonyl (C=O) groups is 4. The first-order valence-electron chi connectivity index (χ1n) is 12.2. The third kappa shape index (κ3) is 5.77. The van der Waals surface area contributed by atoms with Crippen molar-refractivity contribution in [3.8, 4) is 0 Å². The third-order valence-corrected chi connectivity index (χ3v) is 6.79. The highest BCUT2D eigenvalue weighted by atomic mass is 19.1. The van der Waals surface area contributed by atoms with Gasteiger partial charge in [0.25, 0.3) is 11.8 Å². The summed E-state index contributed by atoms with van der Waals surface area (Å²) in [6.45, 7) is 8.39. The molecule has 0 saturated heterocycles. The van der Waals surface area contributed by atoms with Gasteiger partial charge in [0.2, 0.25) is 5.91 Å². The lowest BCUT2D eigenvalue weighted by Crippen LogP contribution is -2.52. The number of ether oxygens (including phenoxy) is 1. The van der Waals surface area contributed by atoms with Gasteiger partial charge in [-0.15, -0.1) is 0 Å². The Hall–Kier alpha value is -3.99. The van der Waals surface area contributed by atoms with E-state index in [0.717, 1.165) is 4.90 Å². The number of nitrogens with zero attached hydrogens (tertiary/aromatic N) is 1. The Balaban J connectivity index is 1.76. The topological polar surface area (TPSA) is 141 Å². The number of hydrogen-bond donors (Lipinski definition) is 4. The van der Waals surface area contributed by atoms with Crippen LogP contribution in [-0.4, -0.2) is 70.5 Å². The number of amides is 3. The maximum atomic E-state index is 13.8. The van der Waals surface area contributed by atoms with Crippen LogP contribution in [0.25, 0.3) is 11.6 Å². The fraction of sp³-hybridized carbons (Fsp3) is 0.407. The zero-order valence-corrected chi connectivity index (χ0v) is 22.3. The first kappa shape index (κ1) is 28.6. The van der Waals surface area contributed by atoms with Crippen molar-refractivity contribution in [2.45, 2.75) is 52.7 Å². The molecule has 38 heavy (non-hydrogen) atoms. The first-order valence-corrected chi connectivity index (χ1v) is 12.2. The number of anilines is 1. The van der Waals surface area contributed by atoms with Gasteiger partial charge in [-0.1, -0.05) is 0 Å². The Morgan fingerprint density at radius 2 is 1.95 bits per heavy atom. The van der Waals surface area contributed by atoms with Crippen LogP contribution in [-0.2, 0) is 19.1 Å². The second-order valence-corrected chi connectivity index (χ2v) is 9.67. The number of nitrogens with one attached hydrogen (secondary N) is 3. The molecule has 0 saturated carbocycles. The molecule has 0 fully saturated rings. The number of benzene rings is 1. The van der Waals surface area contributed by atoms with Crippen LogP contribution in [0.4, 0.5) is 10.1 Å². The zero-order chi connectivity index (χ0) is 28.4. The third-order valence-electron chi connectivity index (χ3n) is 6.79. The van der Waals surface area contributed by atoms with E-state index in [1.807, 2.05) is 0 Å². The van der Waals surface area contributed by atoms with Crippen molar-refractivity contribution in [1.29, 1.82) is 0 Å². The summed E-state index contributed by atoms with van der Waals surface area (Å²) in [6.07, 6.45) is 0.800. The van der Waals surface area contributed by atoms with E-state index in [1.54, 1.807) is 26.8 Å². The van der Waals surface area contributed by atoms with Gasteiger partial charge in [-0.2, -0.15) is 0 Å². The number of aromatic amines is 1. The minimum Gasteiger partial charge on any atom is -0.480 e. The average molecular weight is 529 g/mol. The van der Waals surface area contributed by atoms with Crippen molar-refractivity contribution in [3.63, 3.8) is 0 Å². The standard InChI is InChI=1S/C27H33FN4O6/c1-7-38-17(11-22(33)32(6)27(4,5)26(36)37)13-29-25(35)23-14(2)21(30-15(23)3)12-19-18-10-16(28)8-9-20(18)31-24(19)34/h8-10,12,17,30H,7,11,13H2,1-6H3,(H,29,35)(H,31,34)(H,36,37)/b19-12-. The molecule has 1 atom stereocenters. The molecule has 10 nitrogen and oxygen atoms in total. The normalized spacial score (nSPS) is 14.7. The van der Waals surface area contributed by atoms with E-state index < -0.39 is 35.2 Å². The molecule has 4 N–H and O–H groups in total. The summed E-state index contributed by atoms with van der Waals surface area (Å²) in [6, 6.07) is 4.04. The summed E-state index contributed by atoms with van der Waals surface area (Å²) in [5.74, 6) is -2.81. The van der Waals surface area contributed by atoms with E-state index in [-0.39, 0.29) is 24.4 Å². The minimum absolute atomic E-state index is 0.0231. The number of carboxylic acids is 1. The molecule has 0 bridgehead atoms. The Morgan fingerprint density at radius 3 is 2.58 bits per heavy atom. The van der Waals surface area contributed by atoms with Crippen LogP contribution in [0.2, 0.25) is 0 Å². The van der Waals surface area contributed by atoms with Gasteiger partial charge in [-0.05, 0) is 64.5 Å². The second kappa shape index (κ2) is 11.2. The van der Waals surface area contributed by atoms with Crippen LogP contribution < -0.4 is 10.6 Å². The van der Waals surface area contributed by atoms with Crippen molar-refractivity contribution in [2.75, 3.05) is 25.5 Å². The fourth-order valence-corrected chi connectivity index (χ4v) is 4.21. The van der Waals surface area contributed by atoms with Crippen molar-refractivity contribution in [1.82, 2.24) is 15.2 Å². The smallest absolute Gasteiger partial charge is 0.329 e. The van der Waals surface area contributed by atoms with Crippen molar-refractivity contribution < 1.29 is 33.4 Å². The molecule has 1 unspecified atom stereocenters. The summed E-state index contributed by atoms with van der Waals surface area (Å²) in [7, 11) is 1.41. The monoisotopic (exact) mass is 528 g/mol. The number of likely N-dealkylation sites (N-methyl/N-ethyl adjacent to an activating group) is 1. The van der Waals surface area contributed by atoms with Crippen molar-refractivity contribution >= 4 is 41.0 Å². The van der Waals surface area contributed by atoms with E-state index in [4.69, 9.17) is 4.74 Å². The molecule has 0 spiro atoms. The lowest BCUT2D eigenvalue weighted by Gasteiger charge is -2.32. The quantitative estimate of drug-likeness (QED) is 0.349. The van der Waals surface area contributed by atoms with Gasteiger partial charge < -0.3 is 30.4 Å². The lowest BCUT2D eigenvalue weighted by molar-refractivity contribution is -0.156. The number of H-pyrrole nitrogens is 1. The Labute approximate surface area is 220 Å². The predicted molar refractivity (Wildman–Crippen MR) is 140 cm³/mol. The first-order chi connectivity index (χ1) is 17.8. The van der Waals surface area contributed by atoms with Crippen molar-refractivity contribution in [2.24, 2.45) is 0 Å². The predicted octanol–water partition coefficient (Wildman–Crippen LogP) is 3.11. The van der Waals surface area contributed by atoms with E-state index in [2.05, 4.69) is 15.6 Å². The fourth-order valence-electron chi connectivity index (χ4n) is 4.21. The minimum atomic E-state index is -1.40. The maximum absolute atomic E-state index is 13.8. The summed E-state index contributed by atoms with van der Waals surface area (Å²) >= 11 is 0. The molecular weight excluding hydrogens is 495 g/mol. The molecule has 1 aromatic carbocycles. The van der Waals surface area contributed by atoms with Gasteiger partial charge in [0.15, 0.2) is 0 Å². The SMILES string of the molecule is CCOC(CNC(=O)c1c(C)[nH]c(/C=C2\C(=O)Nc3ccc(F)cc32)c1C)CC(=O)N(C)C(C)(C)C(=O)O. The number of halogens is 1.